The lowest BCUT2D eigenvalue weighted by Gasteiger charge is -2.21. The molecule has 0 bridgehead atoms. The van der Waals surface area contributed by atoms with Gasteiger partial charge in [0, 0.05) is 30.0 Å². The predicted octanol–water partition coefficient (Wildman–Crippen LogP) is 3.11. The van der Waals surface area contributed by atoms with E-state index in [2.05, 4.69) is 26.5 Å². The number of ether oxygens (including phenoxy) is 1. The summed E-state index contributed by atoms with van der Waals surface area (Å²) in [5.74, 6) is -0.0844. The van der Waals surface area contributed by atoms with Crippen LogP contribution in [0, 0.1) is 22.7 Å². The van der Waals surface area contributed by atoms with Crippen molar-refractivity contribution in [3.05, 3.63) is 41.9 Å². The molecule has 9 heteroatoms. The molecule has 1 N–H and O–H groups in total. The molecule has 1 aliphatic rings. The first-order chi connectivity index (χ1) is 14.2. The Hall–Kier alpha value is -3.98. The van der Waals surface area contributed by atoms with Crippen LogP contribution in [0.25, 0.3) is 16.9 Å². The zero-order valence-electron chi connectivity index (χ0n) is 16.8. The van der Waals surface area contributed by atoms with E-state index in [1.165, 1.54) is 17.1 Å². The Bertz CT molecular complexity index is 1240. The molecule has 0 saturated heterocycles. The van der Waals surface area contributed by atoms with Crippen molar-refractivity contribution in [2.45, 2.75) is 44.8 Å². The lowest BCUT2D eigenvalue weighted by Crippen LogP contribution is -2.26. The summed E-state index contributed by atoms with van der Waals surface area (Å²) in [6.07, 6.45) is 5.97. The smallest absolute Gasteiger partial charge is 0.342 e. The van der Waals surface area contributed by atoms with Crippen molar-refractivity contribution in [2.75, 3.05) is 5.32 Å². The van der Waals surface area contributed by atoms with Crippen molar-refractivity contribution in [1.29, 1.82) is 10.5 Å². The third kappa shape index (κ3) is 3.78. The van der Waals surface area contributed by atoms with E-state index >= 15 is 0 Å². The minimum Gasteiger partial charge on any atom is -0.456 e. The van der Waals surface area contributed by atoms with E-state index in [0.717, 1.165) is 0 Å². The van der Waals surface area contributed by atoms with E-state index in [4.69, 9.17) is 10.00 Å². The molecule has 3 heterocycles. The highest BCUT2D eigenvalue weighted by Gasteiger charge is 2.44. The molecule has 4 rings (SSSR count). The summed E-state index contributed by atoms with van der Waals surface area (Å²) in [7, 11) is 0. The topological polar surface area (TPSA) is 130 Å². The quantitative estimate of drug-likeness (QED) is 0.660. The lowest BCUT2D eigenvalue weighted by molar-refractivity contribution is 0.00702. The van der Waals surface area contributed by atoms with Crippen LogP contribution in [0.4, 0.5) is 5.69 Å². The second kappa shape index (κ2) is 6.82. The first-order valence-corrected chi connectivity index (χ1v) is 9.41. The second-order valence-corrected chi connectivity index (χ2v) is 8.23. The molecular formula is C21H19N7O2. The molecular weight excluding hydrogens is 382 g/mol. The first kappa shape index (κ1) is 19.3. The maximum atomic E-state index is 12.7. The van der Waals surface area contributed by atoms with Gasteiger partial charge in [0.05, 0.1) is 17.3 Å². The largest absolute Gasteiger partial charge is 0.456 e. The molecule has 0 radical (unpaired) electrons. The van der Waals surface area contributed by atoms with Crippen molar-refractivity contribution in [3.8, 4) is 18.0 Å². The molecule has 0 aliphatic heterocycles. The second-order valence-electron chi connectivity index (χ2n) is 8.23. The fraction of sp³-hybridized carbons (Fsp3) is 0.333. The van der Waals surface area contributed by atoms with E-state index < -0.39 is 17.1 Å². The number of fused-ring (bicyclic) bond motifs is 1. The molecule has 1 saturated carbocycles. The third-order valence-corrected chi connectivity index (χ3v) is 4.57. The van der Waals surface area contributed by atoms with Gasteiger partial charge in [-0.05, 0) is 39.7 Å². The average molecular weight is 401 g/mol. The number of hydrogen-bond donors (Lipinski definition) is 1. The van der Waals surface area contributed by atoms with Crippen molar-refractivity contribution in [1.82, 2.24) is 19.7 Å². The molecule has 3 aromatic heterocycles. The molecule has 0 unspecified atom stereocenters. The molecule has 0 amide bonds. The van der Waals surface area contributed by atoms with Crippen LogP contribution in [0.1, 0.15) is 49.5 Å². The number of carbonyl (C=O) groups excluding carboxylic acids is 1. The Labute approximate surface area is 172 Å². The van der Waals surface area contributed by atoms with Crippen LogP contribution in [0.5, 0.6) is 0 Å². The molecule has 0 atom stereocenters. The van der Waals surface area contributed by atoms with Gasteiger partial charge in [0.15, 0.2) is 11.5 Å². The summed E-state index contributed by atoms with van der Waals surface area (Å²) in [5.41, 5.74) is 0.256. The van der Waals surface area contributed by atoms with Crippen LogP contribution in [0.3, 0.4) is 0 Å². The molecule has 1 fully saturated rings. The summed E-state index contributed by atoms with van der Waals surface area (Å²) >= 11 is 0. The molecule has 9 nitrogen and oxygen atoms in total. The number of anilines is 1. The van der Waals surface area contributed by atoms with Crippen molar-refractivity contribution < 1.29 is 9.53 Å². The Kier molecular flexibility index (Phi) is 4.39. The number of rotatable bonds is 4. The van der Waals surface area contributed by atoms with E-state index in [9.17, 15) is 10.1 Å². The minimum absolute atomic E-state index is 0.247. The molecule has 0 spiro atoms. The Morgan fingerprint density at radius 1 is 1.23 bits per heavy atom. The average Bonchev–Trinajstić information content (AvgIpc) is 3.34. The van der Waals surface area contributed by atoms with E-state index in [-0.39, 0.29) is 5.56 Å². The highest BCUT2D eigenvalue weighted by Crippen LogP contribution is 2.39. The van der Waals surface area contributed by atoms with Crippen LogP contribution < -0.4 is 5.32 Å². The van der Waals surface area contributed by atoms with Gasteiger partial charge in [-0.15, -0.1) is 5.10 Å². The van der Waals surface area contributed by atoms with Gasteiger partial charge in [0.25, 0.3) is 0 Å². The Balaban J connectivity index is 1.76. The number of nitriles is 2. The third-order valence-electron chi connectivity index (χ3n) is 4.57. The van der Waals surface area contributed by atoms with Gasteiger partial charge >= 0.3 is 5.97 Å². The fourth-order valence-corrected chi connectivity index (χ4v) is 2.91. The molecule has 30 heavy (non-hydrogen) atoms. The van der Waals surface area contributed by atoms with Gasteiger partial charge in [-0.3, -0.25) is 0 Å². The first-order valence-electron chi connectivity index (χ1n) is 9.41. The van der Waals surface area contributed by atoms with Crippen LogP contribution in [-0.2, 0) is 4.74 Å². The zero-order valence-corrected chi connectivity index (χ0v) is 16.8. The highest BCUT2D eigenvalue weighted by molar-refractivity contribution is 5.96. The number of carbonyl (C=O) groups is 1. The van der Waals surface area contributed by atoms with E-state index in [1.807, 2.05) is 6.07 Å². The summed E-state index contributed by atoms with van der Waals surface area (Å²) in [4.78, 5) is 21.2. The highest BCUT2D eigenvalue weighted by atomic mass is 16.6. The van der Waals surface area contributed by atoms with Crippen LogP contribution in [0.15, 0.2) is 30.7 Å². The normalized spacial score (nSPS) is 14.6. The monoisotopic (exact) mass is 401 g/mol. The van der Waals surface area contributed by atoms with Crippen molar-refractivity contribution in [2.24, 2.45) is 0 Å². The number of esters is 1. The van der Waals surface area contributed by atoms with Crippen LogP contribution >= 0.6 is 0 Å². The van der Waals surface area contributed by atoms with E-state index in [1.54, 1.807) is 39.1 Å². The molecule has 1 aliphatic carbocycles. The van der Waals surface area contributed by atoms with Gasteiger partial charge in [-0.25, -0.2) is 19.4 Å². The minimum atomic E-state index is -0.687. The van der Waals surface area contributed by atoms with Gasteiger partial charge in [-0.1, -0.05) is 0 Å². The Morgan fingerprint density at radius 3 is 2.63 bits per heavy atom. The van der Waals surface area contributed by atoms with Gasteiger partial charge in [0.1, 0.15) is 22.8 Å². The number of nitrogens with one attached hydrogen (secondary N) is 1. The number of nitrogens with zero attached hydrogens (tertiary/aromatic N) is 6. The van der Waals surface area contributed by atoms with Gasteiger partial charge < -0.3 is 10.1 Å². The Morgan fingerprint density at radius 2 is 2.00 bits per heavy atom. The molecule has 3 aromatic rings. The fourth-order valence-electron chi connectivity index (χ4n) is 2.91. The van der Waals surface area contributed by atoms with Crippen LogP contribution in [-0.4, -0.2) is 36.9 Å². The summed E-state index contributed by atoms with van der Waals surface area (Å²) in [6, 6.07) is 7.66. The standard InChI is InChI=1S/C21H19N7O2/c1-20(2,3)30-19(29)15-10-24-17(7-16(15)26-21(12-23)4-5-21)28-11-14-6-13(8-22)9-25-18(14)27-28/h6-7,9-11H,4-5H2,1-3H3,(H,24,26). The van der Waals surface area contributed by atoms with Crippen LogP contribution in [0.2, 0.25) is 0 Å². The maximum absolute atomic E-state index is 12.7. The number of hydrogen-bond acceptors (Lipinski definition) is 8. The zero-order chi connectivity index (χ0) is 21.5. The maximum Gasteiger partial charge on any atom is 0.342 e. The van der Waals surface area contributed by atoms with Gasteiger partial charge in [-0.2, -0.15) is 10.5 Å². The molecule has 0 aromatic carbocycles. The SMILES string of the molecule is CC(C)(C)OC(=O)c1cnc(-n2cc3cc(C#N)cnc3n2)cc1NC1(C#N)CC1. The molecule has 150 valence electrons. The van der Waals surface area contributed by atoms with Crippen molar-refractivity contribution >= 4 is 22.7 Å². The van der Waals surface area contributed by atoms with Gasteiger partial charge in [0.2, 0.25) is 0 Å². The number of aromatic nitrogens is 4. The summed E-state index contributed by atoms with van der Waals surface area (Å²) in [5, 5.41) is 26.8. The number of pyridine rings is 2. The summed E-state index contributed by atoms with van der Waals surface area (Å²) in [6.45, 7) is 5.36. The lowest BCUT2D eigenvalue weighted by atomic mass is 10.1. The van der Waals surface area contributed by atoms with Crippen molar-refractivity contribution in [3.63, 3.8) is 0 Å². The summed E-state index contributed by atoms with van der Waals surface area (Å²) < 4.78 is 7.01. The van der Waals surface area contributed by atoms with E-state index in [0.29, 0.717) is 40.9 Å². The predicted molar refractivity (Wildman–Crippen MR) is 108 cm³/mol.